The van der Waals surface area contributed by atoms with E-state index in [-0.39, 0.29) is 5.41 Å². The molecule has 1 aliphatic carbocycles. The van der Waals surface area contributed by atoms with Gasteiger partial charge in [0, 0.05) is 97.9 Å². The number of hydrogen-bond donors (Lipinski definition) is 0. The van der Waals surface area contributed by atoms with Crippen LogP contribution in [0.2, 0.25) is 0 Å². The number of fused-ring (bicyclic) bond motifs is 22. The quantitative estimate of drug-likeness (QED) is 0.152. The minimum atomic E-state index is -0.221. The maximum Gasteiger partial charge on any atom is 0.168 e. The highest BCUT2D eigenvalue weighted by Gasteiger charge is 2.37. The van der Waals surface area contributed by atoms with Crippen LogP contribution in [0.4, 0.5) is 0 Å². The molecule has 16 aromatic carbocycles. The number of nitrogens with zero attached hydrogens (tertiary/aromatic N) is 7. The number of benzene rings is 16. The van der Waals surface area contributed by atoms with Gasteiger partial charge >= 0.3 is 0 Å². The van der Waals surface area contributed by atoms with E-state index in [9.17, 15) is 0 Å². The summed E-state index contributed by atoms with van der Waals surface area (Å²) < 4.78 is 18.4. The van der Waals surface area contributed by atoms with Crippen LogP contribution in [0, 0.1) is 0 Å². The summed E-state index contributed by atoms with van der Waals surface area (Å²) in [4.78, 5) is 0. The molecule has 0 spiro atoms. The van der Waals surface area contributed by atoms with Gasteiger partial charge in [0.25, 0.3) is 0 Å². The van der Waals surface area contributed by atoms with Gasteiger partial charge in [0.2, 0.25) is 0 Å². The monoisotopic (exact) mass is 1390 g/mol. The predicted molar refractivity (Wildman–Crippen MR) is 452 cm³/mol. The van der Waals surface area contributed by atoms with Crippen LogP contribution in [-0.4, -0.2) is 33.0 Å². The fourth-order valence-corrected chi connectivity index (χ4v) is 18.9. The molecule has 24 rings (SSSR count). The van der Waals surface area contributed by atoms with Crippen LogP contribution in [-0.2, 0) is 5.41 Å². The van der Waals surface area contributed by atoms with Crippen molar-refractivity contribution in [3.8, 4) is 73.2 Å². The van der Waals surface area contributed by atoms with E-state index < -0.39 is 0 Å². The predicted octanol–water partition coefficient (Wildman–Crippen LogP) is 26.3. The molecule has 0 unspecified atom stereocenters. The third-order valence-corrected chi connectivity index (χ3v) is 24.0. The van der Waals surface area contributed by atoms with Crippen LogP contribution < -0.4 is 0 Å². The smallest absolute Gasteiger partial charge is 0.168 e. The zero-order valence-corrected chi connectivity index (χ0v) is 59.4. The van der Waals surface area contributed by atoms with Gasteiger partial charge in [-0.2, -0.15) is 0 Å². The highest BCUT2D eigenvalue weighted by atomic mass is 16.3. The maximum atomic E-state index is 6.33. The lowest BCUT2D eigenvalue weighted by molar-refractivity contribution is 0.661. The standard InChI is InChI=1S/C101H63N7O/c1-101(2)85-31-15-9-25-69(85)78-58-82-73-29-12-18-34-89(73)106(96(82)59-86(78)101)68-43-46-77-84(57-68)100(103-102-99(77)107-90-35-19-13-28-72(90)81-51-60(41-49-93(81)107)63-42-50-98-83(54-63)76-30-14-20-36-97(76)109-98)108-94-55-64(61-39-47-91-79(52-61)70-26-10-16-32-87(70)104(91)66-21-5-3-6-22-66)37-44-74(94)75-45-38-65(56-95(75)108)62-40-48-92-80(53-62)71-27-11-17-33-88(71)105(92)67-23-7-4-8-24-67/h3-59H,1-2H3. The Morgan fingerprint density at radius 3 is 1.14 bits per heavy atom. The largest absolute Gasteiger partial charge is 0.456 e. The van der Waals surface area contributed by atoms with Crippen molar-refractivity contribution in [3.63, 3.8) is 0 Å². The first kappa shape index (κ1) is 60.0. The van der Waals surface area contributed by atoms with E-state index >= 15 is 0 Å². The molecule has 0 saturated heterocycles. The molecule has 0 aliphatic heterocycles. The molecule has 7 aromatic heterocycles. The van der Waals surface area contributed by atoms with Crippen LogP contribution in [0.5, 0.6) is 0 Å². The van der Waals surface area contributed by atoms with Crippen molar-refractivity contribution < 1.29 is 4.42 Å². The fourth-order valence-electron chi connectivity index (χ4n) is 18.9. The second-order valence-corrected chi connectivity index (χ2v) is 30.0. The first-order chi connectivity index (χ1) is 53.8. The number of rotatable bonds is 8. The third-order valence-electron chi connectivity index (χ3n) is 24.0. The van der Waals surface area contributed by atoms with Crippen LogP contribution in [0.25, 0.3) is 215 Å². The molecule has 0 atom stereocenters. The lowest BCUT2D eigenvalue weighted by Crippen LogP contribution is -2.15. The molecule has 0 amide bonds. The highest BCUT2D eigenvalue weighted by molar-refractivity contribution is 6.18. The molecular weight excluding hydrogens is 1330 g/mol. The molecule has 0 saturated carbocycles. The van der Waals surface area contributed by atoms with Gasteiger partial charge in [-0.15, -0.1) is 10.2 Å². The second kappa shape index (κ2) is 22.4. The molecule has 8 nitrogen and oxygen atoms in total. The van der Waals surface area contributed by atoms with Crippen molar-refractivity contribution in [1.29, 1.82) is 0 Å². The lowest BCUT2D eigenvalue weighted by atomic mass is 9.82. The van der Waals surface area contributed by atoms with Crippen molar-refractivity contribution in [2.24, 2.45) is 0 Å². The summed E-state index contributed by atoms with van der Waals surface area (Å²) in [6, 6.07) is 127. The van der Waals surface area contributed by atoms with E-state index in [0.717, 1.165) is 160 Å². The molecule has 0 bridgehead atoms. The van der Waals surface area contributed by atoms with Crippen molar-refractivity contribution in [2.75, 3.05) is 0 Å². The molecule has 0 radical (unpaired) electrons. The molecule has 0 fully saturated rings. The number of para-hydroxylation sites is 7. The first-order valence-electron chi connectivity index (χ1n) is 37.5. The van der Waals surface area contributed by atoms with E-state index in [1.54, 1.807) is 0 Å². The van der Waals surface area contributed by atoms with Gasteiger partial charge < -0.3 is 18.1 Å². The molecule has 23 aromatic rings. The summed E-state index contributed by atoms with van der Waals surface area (Å²) in [5, 5.41) is 27.2. The van der Waals surface area contributed by atoms with Gasteiger partial charge in [-0.05, 0) is 201 Å². The molecule has 508 valence electrons. The minimum Gasteiger partial charge on any atom is -0.456 e. The Bertz CT molecular complexity index is 7670. The summed E-state index contributed by atoms with van der Waals surface area (Å²) in [7, 11) is 0. The summed E-state index contributed by atoms with van der Waals surface area (Å²) in [6.07, 6.45) is 0. The SMILES string of the molecule is CC1(C)c2ccccc2-c2cc3c4ccccc4n(-c4ccc5c(-n6c7ccccc7c7cc(-c8ccc9oc%10ccccc%10c9c8)ccc76)nnc(-n6c7cc(-c8ccc9c(c8)c8ccccc8n9-c8ccccc8)ccc7c7ccc(-c8ccc9c(c8)c8ccccc8n9-c8ccccc8)cc76)c5c4)c3cc21. The second-order valence-electron chi connectivity index (χ2n) is 30.0. The van der Waals surface area contributed by atoms with Gasteiger partial charge in [0.1, 0.15) is 11.2 Å². The molecular formula is C101H63N7O. The van der Waals surface area contributed by atoms with E-state index in [1.807, 2.05) is 12.1 Å². The van der Waals surface area contributed by atoms with Gasteiger partial charge in [-0.1, -0.05) is 214 Å². The van der Waals surface area contributed by atoms with Crippen LogP contribution in [0.1, 0.15) is 25.0 Å². The van der Waals surface area contributed by atoms with Gasteiger partial charge in [-0.25, -0.2) is 0 Å². The Morgan fingerprint density at radius 2 is 0.578 bits per heavy atom. The zero-order chi connectivity index (χ0) is 71.5. The zero-order valence-electron chi connectivity index (χ0n) is 59.4. The van der Waals surface area contributed by atoms with Gasteiger partial charge in [0.15, 0.2) is 11.6 Å². The number of hydrogen-bond acceptors (Lipinski definition) is 3. The van der Waals surface area contributed by atoms with Crippen molar-refractivity contribution >= 4 is 142 Å². The van der Waals surface area contributed by atoms with Crippen molar-refractivity contribution in [2.45, 2.75) is 19.3 Å². The van der Waals surface area contributed by atoms with E-state index in [2.05, 4.69) is 370 Å². The molecule has 1 aliphatic rings. The minimum absolute atomic E-state index is 0.221. The molecule has 109 heavy (non-hydrogen) atoms. The van der Waals surface area contributed by atoms with E-state index in [1.165, 1.54) is 65.6 Å². The van der Waals surface area contributed by atoms with Crippen LogP contribution >= 0.6 is 0 Å². The van der Waals surface area contributed by atoms with Gasteiger partial charge in [-0.3, -0.25) is 9.13 Å². The summed E-state index contributed by atoms with van der Waals surface area (Å²) in [6.45, 7) is 4.76. The van der Waals surface area contributed by atoms with Crippen molar-refractivity contribution in [1.82, 2.24) is 33.0 Å². The normalized spacial score (nSPS) is 12.9. The summed E-state index contributed by atoms with van der Waals surface area (Å²) in [5.74, 6) is 1.46. The van der Waals surface area contributed by atoms with E-state index in [4.69, 9.17) is 14.6 Å². The summed E-state index contributed by atoms with van der Waals surface area (Å²) >= 11 is 0. The average Bonchev–Trinajstić information content (AvgIpc) is 1.55. The summed E-state index contributed by atoms with van der Waals surface area (Å²) in [5.41, 5.74) is 27.8. The van der Waals surface area contributed by atoms with Gasteiger partial charge in [0.05, 0.1) is 55.2 Å². The Labute approximate surface area is 624 Å². The van der Waals surface area contributed by atoms with Crippen LogP contribution in [0.15, 0.2) is 350 Å². The fraction of sp³-hybridized carbons (Fsp3) is 0.0297. The highest BCUT2D eigenvalue weighted by Crippen LogP contribution is 2.52. The average molecular weight is 1390 g/mol. The topological polar surface area (TPSA) is 63.6 Å². The van der Waals surface area contributed by atoms with E-state index in [0.29, 0.717) is 0 Å². The molecule has 7 heterocycles. The maximum absolute atomic E-state index is 6.33. The third kappa shape index (κ3) is 8.53. The Kier molecular flexibility index (Phi) is 12.3. The van der Waals surface area contributed by atoms with Crippen LogP contribution in [0.3, 0.4) is 0 Å². The van der Waals surface area contributed by atoms with Crippen molar-refractivity contribution in [3.05, 3.63) is 357 Å². The molecule has 0 N–H and O–H groups in total. The first-order valence-corrected chi connectivity index (χ1v) is 37.5. The Hall–Kier alpha value is -14.3. The number of furan rings is 1. The molecule has 8 heteroatoms. The lowest BCUT2D eigenvalue weighted by Gasteiger charge is -2.21. The number of aromatic nitrogens is 7. The Morgan fingerprint density at radius 1 is 0.211 bits per heavy atom. The Balaban J connectivity index is 0.776.